The fourth-order valence-electron chi connectivity index (χ4n) is 2.96. The normalized spacial score (nSPS) is 10.8. The summed E-state index contributed by atoms with van der Waals surface area (Å²) < 4.78 is 11.6. The van der Waals surface area contributed by atoms with Crippen LogP contribution in [0.1, 0.15) is 43.0 Å². The van der Waals surface area contributed by atoms with Gasteiger partial charge in [-0.3, -0.25) is 9.59 Å². The molecule has 3 aromatic rings. The van der Waals surface area contributed by atoms with Crippen molar-refractivity contribution in [2.45, 2.75) is 32.6 Å². The monoisotopic (exact) mass is 395 g/mol. The van der Waals surface area contributed by atoms with Crippen LogP contribution in [0.15, 0.2) is 52.9 Å². The zero-order chi connectivity index (χ0) is 20.6. The number of nitrogens with one attached hydrogen (secondary N) is 1. The molecule has 29 heavy (non-hydrogen) atoms. The molecular formula is C23H25NO5. The molecule has 0 aliphatic rings. The topological polar surface area (TPSA) is 88.8 Å². The minimum absolute atomic E-state index is 0.0810. The smallest absolute Gasteiger partial charge is 0.303 e. The molecule has 0 aliphatic heterocycles. The van der Waals surface area contributed by atoms with Gasteiger partial charge in [-0.1, -0.05) is 25.5 Å². The Labute approximate surface area is 169 Å². The number of fused-ring (bicyclic) bond motifs is 1. The van der Waals surface area contributed by atoms with Gasteiger partial charge in [0.05, 0.1) is 6.61 Å². The zero-order valence-electron chi connectivity index (χ0n) is 16.4. The number of furan rings is 1. The fourth-order valence-corrected chi connectivity index (χ4v) is 2.96. The number of aliphatic carboxylic acids is 1. The van der Waals surface area contributed by atoms with Crippen LogP contribution in [0.25, 0.3) is 22.3 Å². The Balaban J connectivity index is 1.72. The molecular weight excluding hydrogens is 370 g/mol. The van der Waals surface area contributed by atoms with Crippen LogP contribution >= 0.6 is 0 Å². The van der Waals surface area contributed by atoms with Crippen LogP contribution in [0.3, 0.4) is 0 Å². The molecule has 0 saturated carbocycles. The van der Waals surface area contributed by atoms with Gasteiger partial charge in [-0.25, -0.2) is 0 Å². The van der Waals surface area contributed by atoms with Gasteiger partial charge in [0.1, 0.15) is 17.1 Å². The Morgan fingerprint density at radius 1 is 1.10 bits per heavy atom. The van der Waals surface area contributed by atoms with E-state index >= 15 is 0 Å². The molecule has 1 amide bonds. The van der Waals surface area contributed by atoms with Gasteiger partial charge in [-0.2, -0.15) is 0 Å². The number of benzene rings is 2. The summed E-state index contributed by atoms with van der Waals surface area (Å²) in [6.07, 6.45) is 2.52. The number of ether oxygens (including phenoxy) is 1. The molecule has 2 N–H and O–H groups in total. The summed E-state index contributed by atoms with van der Waals surface area (Å²) in [4.78, 5) is 22.8. The minimum Gasteiger partial charge on any atom is -0.494 e. The first-order valence-corrected chi connectivity index (χ1v) is 9.83. The molecule has 0 bridgehead atoms. The zero-order valence-corrected chi connectivity index (χ0v) is 16.4. The lowest BCUT2D eigenvalue weighted by molar-refractivity contribution is -0.137. The van der Waals surface area contributed by atoms with Crippen LogP contribution in [0.5, 0.6) is 5.75 Å². The van der Waals surface area contributed by atoms with Gasteiger partial charge in [0.2, 0.25) is 0 Å². The van der Waals surface area contributed by atoms with Crippen molar-refractivity contribution in [2.75, 3.05) is 13.2 Å². The summed E-state index contributed by atoms with van der Waals surface area (Å²) in [6.45, 7) is 3.09. The van der Waals surface area contributed by atoms with Crippen LogP contribution in [-0.4, -0.2) is 30.1 Å². The number of carbonyl (C=O) groups excluding carboxylic acids is 1. The lowest BCUT2D eigenvalue weighted by Gasteiger charge is -2.06. The Morgan fingerprint density at radius 3 is 2.76 bits per heavy atom. The number of amides is 1. The number of hydrogen-bond donors (Lipinski definition) is 2. The van der Waals surface area contributed by atoms with E-state index in [4.69, 9.17) is 14.3 Å². The molecule has 152 valence electrons. The quantitative estimate of drug-likeness (QED) is 0.478. The molecule has 0 atom stereocenters. The van der Waals surface area contributed by atoms with Gasteiger partial charge in [0.15, 0.2) is 0 Å². The Bertz CT molecular complexity index is 992. The Hall–Kier alpha value is -3.28. The van der Waals surface area contributed by atoms with Gasteiger partial charge in [-0.15, -0.1) is 0 Å². The molecule has 6 nitrogen and oxygen atoms in total. The molecule has 0 saturated heterocycles. The van der Waals surface area contributed by atoms with Crippen molar-refractivity contribution in [1.29, 1.82) is 0 Å². The van der Waals surface area contributed by atoms with Crippen LogP contribution in [0, 0.1) is 0 Å². The average Bonchev–Trinajstić information content (AvgIpc) is 3.15. The standard InChI is InChI=1S/C23H25NO5/c1-2-3-11-24-23(27)17-9-10-20-18(13-17)15-21(29-20)16-6-4-7-19(14-16)28-12-5-8-22(25)26/h4,6-7,9-10,13-15H,2-3,5,8,11-12H2,1H3,(H,24,27)(H,25,26). The van der Waals surface area contributed by atoms with E-state index in [2.05, 4.69) is 12.2 Å². The van der Waals surface area contributed by atoms with Crippen molar-refractivity contribution < 1.29 is 23.8 Å². The van der Waals surface area contributed by atoms with E-state index < -0.39 is 5.97 Å². The highest BCUT2D eigenvalue weighted by Gasteiger charge is 2.11. The predicted octanol–water partition coefficient (Wildman–Crippen LogP) is 4.87. The van der Waals surface area contributed by atoms with E-state index in [1.54, 1.807) is 12.1 Å². The lowest BCUT2D eigenvalue weighted by atomic mass is 10.1. The van der Waals surface area contributed by atoms with Crippen LogP contribution in [0.4, 0.5) is 0 Å². The molecule has 0 radical (unpaired) electrons. The number of unbranched alkanes of at least 4 members (excludes halogenated alkanes) is 1. The molecule has 0 unspecified atom stereocenters. The Kier molecular flexibility index (Phi) is 6.89. The highest BCUT2D eigenvalue weighted by molar-refractivity contribution is 5.98. The third-order valence-corrected chi connectivity index (χ3v) is 4.52. The lowest BCUT2D eigenvalue weighted by Crippen LogP contribution is -2.24. The van der Waals surface area contributed by atoms with Gasteiger partial charge in [0, 0.05) is 29.5 Å². The van der Waals surface area contributed by atoms with Crippen molar-refractivity contribution in [2.24, 2.45) is 0 Å². The third-order valence-electron chi connectivity index (χ3n) is 4.52. The average molecular weight is 395 g/mol. The van der Waals surface area contributed by atoms with Crippen molar-refractivity contribution in [1.82, 2.24) is 5.32 Å². The maximum atomic E-state index is 12.3. The molecule has 0 aliphatic carbocycles. The number of carboxylic acids is 1. The largest absolute Gasteiger partial charge is 0.494 e. The second kappa shape index (κ2) is 9.78. The van der Waals surface area contributed by atoms with E-state index in [9.17, 15) is 9.59 Å². The minimum atomic E-state index is -0.831. The highest BCUT2D eigenvalue weighted by Crippen LogP contribution is 2.30. The summed E-state index contributed by atoms with van der Waals surface area (Å²) in [5, 5.41) is 12.5. The fraction of sp³-hybridized carbons (Fsp3) is 0.304. The van der Waals surface area contributed by atoms with Crippen molar-refractivity contribution >= 4 is 22.8 Å². The number of hydrogen-bond acceptors (Lipinski definition) is 4. The molecule has 3 rings (SSSR count). The maximum absolute atomic E-state index is 12.3. The van der Waals surface area contributed by atoms with E-state index in [-0.39, 0.29) is 12.3 Å². The van der Waals surface area contributed by atoms with Crippen molar-refractivity contribution in [3.05, 3.63) is 54.1 Å². The summed E-state index contributed by atoms with van der Waals surface area (Å²) >= 11 is 0. The van der Waals surface area contributed by atoms with Crippen LogP contribution < -0.4 is 10.1 Å². The molecule has 0 spiro atoms. The summed E-state index contributed by atoms with van der Waals surface area (Å²) in [6, 6.07) is 14.8. The number of carboxylic acid groups (broad SMARTS) is 1. The van der Waals surface area contributed by atoms with Gasteiger partial charge < -0.3 is 19.6 Å². The summed E-state index contributed by atoms with van der Waals surface area (Å²) in [5.74, 6) is 0.423. The SMILES string of the molecule is CCCCNC(=O)c1ccc2oc(-c3cccc(OCCCC(=O)O)c3)cc2c1. The second-order valence-corrected chi connectivity index (χ2v) is 6.85. The maximum Gasteiger partial charge on any atom is 0.303 e. The summed E-state index contributed by atoms with van der Waals surface area (Å²) in [7, 11) is 0. The van der Waals surface area contributed by atoms with Gasteiger partial charge >= 0.3 is 5.97 Å². The van der Waals surface area contributed by atoms with Gasteiger partial charge in [-0.05, 0) is 49.2 Å². The number of rotatable bonds is 10. The Morgan fingerprint density at radius 2 is 1.97 bits per heavy atom. The van der Waals surface area contributed by atoms with Crippen molar-refractivity contribution in [3.63, 3.8) is 0 Å². The molecule has 1 heterocycles. The molecule has 1 aromatic heterocycles. The number of carbonyl (C=O) groups is 2. The second-order valence-electron chi connectivity index (χ2n) is 6.85. The van der Waals surface area contributed by atoms with Crippen molar-refractivity contribution in [3.8, 4) is 17.1 Å². The van der Waals surface area contributed by atoms with Gasteiger partial charge in [0.25, 0.3) is 5.91 Å². The van der Waals surface area contributed by atoms with Crippen LogP contribution in [-0.2, 0) is 4.79 Å². The van der Waals surface area contributed by atoms with E-state index in [0.29, 0.717) is 42.2 Å². The van der Waals surface area contributed by atoms with E-state index in [0.717, 1.165) is 23.8 Å². The first-order valence-electron chi connectivity index (χ1n) is 9.83. The molecule has 2 aromatic carbocycles. The van der Waals surface area contributed by atoms with E-state index in [1.165, 1.54) is 0 Å². The predicted molar refractivity (Wildman–Crippen MR) is 111 cm³/mol. The molecule has 6 heteroatoms. The first-order chi connectivity index (χ1) is 14.1. The van der Waals surface area contributed by atoms with Crippen LogP contribution in [0.2, 0.25) is 0 Å². The summed E-state index contributed by atoms with van der Waals surface area (Å²) in [5.41, 5.74) is 2.17. The first kappa shape index (κ1) is 20.5. The highest BCUT2D eigenvalue weighted by atomic mass is 16.5. The van der Waals surface area contributed by atoms with E-state index in [1.807, 2.05) is 36.4 Å². The molecule has 0 fully saturated rings. The third kappa shape index (κ3) is 5.60.